The van der Waals surface area contributed by atoms with E-state index in [1.54, 1.807) is 25.1 Å². The van der Waals surface area contributed by atoms with Crippen LogP contribution in [0.25, 0.3) is 10.9 Å². The van der Waals surface area contributed by atoms with E-state index in [9.17, 15) is 14.0 Å². The van der Waals surface area contributed by atoms with Crippen LogP contribution in [0.5, 0.6) is 0 Å². The van der Waals surface area contributed by atoms with E-state index in [1.807, 2.05) is 13.0 Å². The summed E-state index contributed by atoms with van der Waals surface area (Å²) in [5, 5.41) is 3.11. The molecule has 0 fully saturated rings. The fraction of sp³-hybridized carbons (Fsp3) is 0.158. The Labute approximate surface area is 143 Å². The van der Waals surface area contributed by atoms with Crippen molar-refractivity contribution in [2.75, 3.05) is 11.9 Å². The maximum atomic E-state index is 13.6. The van der Waals surface area contributed by atoms with Crippen molar-refractivity contribution in [1.82, 2.24) is 4.98 Å². The number of aromatic nitrogens is 1. The van der Waals surface area contributed by atoms with Gasteiger partial charge < -0.3 is 15.0 Å². The molecule has 0 aliphatic rings. The van der Waals surface area contributed by atoms with Gasteiger partial charge in [0.25, 0.3) is 5.91 Å². The number of carbonyl (C=O) groups excluding carboxylic acids is 2. The summed E-state index contributed by atoms with van der Waals surface area (Å²) in [6, 6.07) is 11.1. The third kappa shape index (κ3) is 3.38. The summed E-state index contributed by atoms with van der Waals surface area (Å²) in [5.41, 5.74) is 2.20. The average Bonchev–Trinajstić information content (AvgIpc) is 2.93. The number of carbonyl (C=O) groups is 2. The quantitative estimate of drug-likeness (QED) is 0.704. The van der Waals surface area contributed by atoms with Crippen molar-refractivity contribution >= 4 is 28.5 Å². The average molecular weight is 340 g/mol. The predicted molar refractivity (Wildman–Crippen MR) is 93.3 cm³/mol. The summed E-state index contributed by atoms with van der Waals surface area (Å²) < 4.78 is 18.7. The van der Waals surface area contributed by atoms with Gasteiger partial charge in [0.2, 0.25) is 0 Å². The summed E-state index contributed by atoms with van der Waals surface area (Å²) in [6.45, 7) is 3.75. The van der Waals surface area contributed by atoms with Crippen molar-refractivity contribution in [2.24, 2.45) is 0 Å². The molecule has 0 saturated carbocycles. The SMILES string of the molecule is CCOC(=O)c1[nH]c2ccc(F)cc2c1NC(=O)c1cccc(C)c1. The molecule has 0 saturated heterocycles. The normalized spacial score (nSPS) is 10.7. The van der Waals surface area contributed by atoms with Crippen LogP contribution in [-0.2, 0) is 4.74 Å². The van der Waals surface area contributed by atoms with Gasteiger partial charge in [-0.3, -0.25) is 4.79 Å². The Morgan fingerprint density at radius 3 is 2.72 bits per heavy atom. The molecule has 1 amide bonds. The molecular weight excluding hydrogens is 323 g/mol. The van der Waals surface area contributed by atoms with E-state index >= 15 is 0 Å². The second-order valence-electron chi connectivity index (χ2n) is 5.61. The number of halogens is 1. The number of rotatable bonds is 4. The molecular formula is C19H17FN2O3. The van der Waals surface area contributed by atoms with Gasteiger partial charge in [0, 0.05) is 16.5 Å². The number of fused-ring (bicyclic) bond motifs is 1. The monoisotopic (exact) mass is 340 g/mol. The molecule has 3 aromatic rings. The molecule has 0 aliphatic heterocycles. The molecule has 2 N–H and O–H groups in total. The fourth-order valence-electron chi connectivity index (χ4n) is 2.62. The molecule has 0 bridgehead atoms. The second kappa shape index (κ2) is 6.76. The number of H-pyrrole nitrogens is 1. The zero-order valence-electron chi connectivity index (χ0n) is 13.9. The van der Waals surface area contributed by atoms with Crippen LogP contribution in [0.2, 0.25) is 0 Å². The van der Waals surface area contributed by atoms with Crippen molar-refractivity contribution in [3.8, 4) is 0 Å². The molecule has 0 atom stereocenters. The van der Waals surface area contributed by atoms with E-state index in [-0.39, 0.29) is 23.9 Å². The largest absolute Gasteiger partial charge is 0.461 e. The first-order valence-electron chi connectivity index (χ1n) is 7.86. The lowest BCUT2D eigenvalue weighted by atomic mass is 10.1. The Morgan fingerprint density at radius 2 is 2.00 bits per heavy atom. The highest BCUT2D eigenvalue weighted by molar-refractivity contribution is 6.14. The summed E-state index contributed by atoms with van der Waals surface area (Å²) in [6.07, 6.45) is 0. The molecule has 3 rings (SSSR count). The van der Waals surface area contributed by atoms with Crippen molar-refractivity contribution in [3.05, 3.63) is 65.1 Å². The summed E-state index contributed by atoms with van der Waals surface area (Å²) in [5.74, 6) is -1.47. The number of ether oxygens (including phenoxy) is 1. The number of amides is 1. The molecule has 25 heavy (non-hydrogen) atoms. The predicted octanol–water partition coefficient (Wildman–Crippen LogP) is 4.04. The minimum Gasteiger partial charge on any atom is -0.461 e. The Kier molecular flexibility index (Phi) is 4.52. The van der Waals surface area contributed by atoms with Gasteiger partial charge in [-0.25, -0.2) is 9.18 Å². The van der Waals surface area contributed by atoms with Crippen LogP contribution in [0, 0.1) is 12.7 Å². The number of esters is 1. The standard InChI is InChI=1S/C19H17FN2O3/c1-3-25-19(24)17-16(14-10-13(20)7-8-15(14)21-17)22-18(23)12-6-4-5-11(2)9-12/h4-10,21H,3H2,1-2H3,(H,22,23). The molecule has 0 spiro atoms. The van der Waals surface area contributed by atoms with Gasteiger partial charge >= 0.3 is 5.97 Å². The van der Waals surface area contributed by atoms with Gasteiger partial charge in [-0.15, -0.1) is 0 Å². The maximum Gasteiger partial charge on any atom is 0.356 e. The molecule has 5 nitrogen and oxygen atoms in total. The van der Waals surface area contributed by atoms with Gasteiger partial charge in [-0.2, -0.15) is 0 Å². The van der Waals surface area contributed by atoms with Crippen LogP contribution in [-0.4, -0.2) is 23.5 Å². The molecule has 2 aromatic carbocycles. The smallest absolute Gasteiger partial charge is 0.356 e. The molecule has 0 radical (unpaired) electrons. The van der Waals surface area contributed by atoms with Crippen molar-refractivity contribution in [1.29, 1.82) is 0 Å². The lowest BCUT2D eigenvalue weighted by Crippen LogP contribution is -2.15. The van der Waals surface area contributed by atoms with Gasteiger partial charge in [-0.1, -0.05) is 17.7 Å². The van der Waals surface area contributed by atoms with Gasteiger partial charge in [0.1, 0.15) is 11.5 Å². The Hall–Kier alpha value is -3.15. The third-order valence-corrected chi connectivity index (χ3v) is 3.76. The first-order valence-corrected chi connectivity index (χ1v) is 7.86. The topological polar surface area (TPSA) is 71.2 Å². The molecule has 6 heteroatoms. The zero-order valence-corrected chi connectivity index (χ0v) is 13.9. The second-order valence-corrected chi connectivity index (χ2v) is 5.61. The fourth-order valence-corrected chi connectivity index (χ4v) is 2.62. The van der Waals surface area contributed by atoms with Crippen LogP contribution in [0.15, 0.2) is 42.5 Å². The summed E-state index contributed by atoms with van der Waals surface area (Å²) in [7, 11) is 0. The van der Waals surface area contributed by atoms with E-state index in [2.05, 4.69) is 10.3 Å². The van der Waals surface area contributed by atoms with Crippen molar-refractivity contribution in [2.45, 2.75) is 13.8 Å². The Morgan fingerprint density at radius 1 is 1.20 bits per heavy atom. The van der Waals surface area contributed by atoms with Crippen LogP contribution >= 0.6 is 0 Å². The Bertz CT molecular complexity index is 962. The number of benzene rings is 2. The first kappa shape index (κ1) is 16.7. The number of anilines is 1. The van der Waals surface area contributed by atoms with Gasteiger partial charge in [0.05, 0.1) is 12.3 Å². The van der Waals surface area contributed by atoms with Crippen LogP contribution in [0.3, 0.4) is 0 Å². The molecule has 0 unspecified atom stereocenters. The summed E-state index contributed by atoms with van der Waals surface area (Å²) >= 11 is 0. The minimum atomic E-state index is -0.612. The van der Waals surface area contributed by atoms with E-state index in [1.165, 1.54) is 18.2 Å². The number of aromatic amines is 1. The highest BCUT2D eigenvalue weighted by Crippen LogP contribution is 2.29. The molecule has 0 aliphatic carbocycles. The maximum absolute atomic E-state index is 13.6. The van der Waals surface area contributed by atoms with Crippen molar-refractivity contribution in [3.63, 3.8) is 0 Å². The molecule has 128 valence electrons. The van der Waals surface area contributed by atoms with Crippen molar-refractivity contribution < 1.29 is 18.7 Å². The van der Waals surface area contributed by atoms with Gasteiger partial charge in [-0.05, 0) is 44.2 Å². The minimum absolute atomic E-state index is 0.0865. The van der Waals surface area contributed by atoms with Crippen LogP contribution in [0.1, 0.15) is 33.3 Å². The van der Waals surface area contributed by atoms with Crippen LogP contribution < -0.4 is 5.32 Å². The van der Waals surface area contributed by atoms with E-state index < -0.39 is 11.8 Å². The molecule has 1 aromatic heterocycles. The first-order chi connectivity index (χ1) is 12.0. The van der Waals surface area contributed by atoms with E-state index in [4.69, 9.17) is 4.74 Å². The van der Waals surface area contributed by atoms with E-state index in [0.717, 1.165) is 5.56 Å². The summed E-state index contributed by atoms with van der Waals surface area (Å²) in [4.78, 5) is 27.6. The molecule has 1 heterocycles. The zero-order chi connectivity index (χ0) is 18.0. The highest BCUT2D eigenvalue weighted by atomic mass is 19.1. The Balaban J connectivity index is 2.06. The number of hydrogen-bond donors (Lipinski definition) is 2. The van der Waals surface area contributed by atoms with Crippen LogP contribution in [0.4, 0.5) is 10.1 Å². The van der Waals surface area contributed by atoms with E-state index in [0.29, 0.717) is 16.5 Å². The number of hydrogen-bond acceptors (Lipinski definition) is 3. The number of nitrogens with one attached hydrogen (secondary N) is 2. The van der Waals surface area contributed by atoms with Gasteiger partial charge in [0.15, 0.2) is 0 Å². The highest BCUT2D eigenvalue weighted by Gasteiger charge is 2.21. The lowest BCUT2D eigenvalue weighted by molar-refractivity contribution is 0.0522. The number of aryl methyl sites for hydroxylation is 1. The lowest BCUT2D eigenvalue weighted by Gasteiger charge is -2.08. The third-order valence-electron chi connectivity index (χ3n) is 3.76.